The minimum atomic E-state index is -1.02. The molecular formula is C12H16NO3-. The highest BCUT2D eigenvalue weighted by Crippen LogP contribution is 2.52. The lowest BCUT2D eigenvalue weighted by Gasteiger charge is -2.30. The second-order valence-electron chi connectivity index (χ2n) is 5.49. The predicted molar refractivity (Wildman–Crippen MR) is 54.0 cm³/mol. The molecule has 0 aromatic rings. The smallest absolute Gasteiger partial charge is 0.224 e. The van der Waals surface area contributed by atoms with Crippen LogP contribution >= 0.6 is 0 Å². The number of hydrogen-bond donors (Lipinski definition) is 1. The Balaban J connectivity index is 1.75. The van der Waals surface area contributed by atoms with E-state index in [0.29, 0.717) is 6.04 Å². The van der Waals surface area contributed by atoms with Crippen molar-refractivity contribution in [3.05, 3.63) is 0 Å². The maximum Gasteiger partial charge on any atom is 0.224 e. The first-order valence-corrected chi connectivity index (χ1v) is 6.18. The number of amides is 1. The molecule has 0 heterocycles. The molecule has 3 saturated carbocycles. The third kappa shape index (κ3) is 1.51. The number of carboxylic acids is 1. The average Bonchev–Trinajstić information content (AvgIpc) is 2.81. The molecule has 1 amide bonds. The fourth-order valence-electron chi connectivity index (χ4n) is 3.53. The van der Waals surface area contributed by atoms with Crippen LogP contribution in [-0.2, 0) is 9.59 Å². The monoisotopic (exact) mass is 222 g/mol. The number of hydrogen-bond acceptors (Lipinski definition) is 3. The van der Waals surface area contributed by atoms with Gasteiger partial charge in [-0.1, -0.05) is 0 Å². The number of carboxylic acid groups (broad SMARTS) is 1. The van der Waals surface area contributed by atoms with Crippen molar-refractivity contribution in [2.24, 2.45) is 23.7 Å². The Morgan fingerprint density at radius 3 is 2.19 bits per heavy atom. The van der Waals surface area contributed by atoms with Gasteiger partial charge in [-0.3, -0.25) is 4.79 Å². The maximum absolute atomic E-state index is 12.0. The van der Waals surface area contributed by atoms with E-state index in [9.17, 15) is 14.7 Å². The highest BCUT2D eigenvalue weighted by Gasteiger charge is 2.51. The molecule has 16 heavy (non-hydrogen) atoms. The number of carbonyl (C=O) groups is 2. The average molecular weight is 222 g/mol. The van der Waals surface area contributed by atoms with Crippen LogP contribution in [0.3, 0.4) is 0 Å². The number of carbonyl (C=O) groups excluding carboxylic acids is 2. The van der Waals surface area contributed by atoms with Gasteiger partial charge in [-0.25, -0.2) is 0 Å². The summed E-state index contributed by atoms with van der Waals surface area (Å²) in [6.45, 7) is 0. The third-order valence-corrected chi connectivity index (χ3v) is 4.42. The van der Waals surface area contributed by atoms with Gasteiger partial charge in [0.15, 0.2) is 0 Å². The Bertz CT molecular complexity index is 337. The Morgan fingerprint density at radius 2 is 1.62 bits per heavy atom. The van der Waals surface area contributed by atoms with Crippen LogP contribution in [0.2, 0.25) is 0 Å². The number of fused-ring (bicyclic) bond motifs is 2. The van der Waals surface area contributed by atoms with Gasteiger partial charge in [-0.05, 0) is 43.9 Å². The summed E-state index contributed by atoms with van der Waals surface area (Å²) in [6, 6.07) is 0.314. The van der Waals surface area contributed by atoms with Crippen LogP contribution in [0.4, 0.5) is 0 Å². The topological polar surface area (TPSA) is 69.2 Å². The van der Waals surface area contributed by atoms with Crippen molar-refractivity contribution in [1.82, 2.24) is 5.32 Å². The summed E-state index contributed by atoms with van der Waals surface area (Å²) in [5.74, 6) is -1.44. The summed E-state index contributed by atoms with van der Waals surface area (Å²) in [5, 5.41) is 14.1. The summed E-state index contributed by atoms with van der Waals surface area (Å²) in [4.78, 5) is 23.1. The van der Waals surface area contributed by atoms with Crippen LogP contribution in [-0.4, -0.2) is 17.9 Å². The molecule has 0 spiro atoms. The van der Waals surface area contributed by atoms with Crippen molar-refractivity contribution in [1.29, 1.82) is 0 Å². The SMILES string of the molecule is O=C(NC1CC1)[C@@H]1[C@@H]2CC[C@@H](C2)[C@@H]1C(=O)[O-]. The van der Waals surface area contributed by atoms with E-state index in [4.69, 9.17) is 0 Å². The van der Waals surface area contributed by atoms with Crippen LogP contribution in [0.15, 0.2) is 0 Å². The number of rotatable bonds is 3. The first kappa shape index (κ1) is 10.1. The maximum atomic E-state index is 12.0. The van der Waals surface area contributed by atoms with E-state index in [2.05, 4.69) is 5.32 Å². The zero-order valence-electron chi connectivity index (χ0n) is 9.15. The molecule has 2 bridgehead atoms. The highest BCUT2D eigenvalue weighted by atomic mass is 16.4. The van der Waals surface area contributed by atoms with Gasteiger partial charge in [0.25, 0.3) is 0 Å². The van der Waals surface area contributed by atoms with Gasteiger partial charge in [0.2, 0.25) is 5.91 Å². The normalized spacial score (nSPS) is 41.0. The van der Waals surface area contributed by atoms with Crippen molar-refractivity contribution < 1.29 is 14.7 Å². The lowest BCUT2D eigenvalue weighted by Crippen LogP contribution is -2.46. The molecule has 1 N–H and O–H groups in total. The molecule has 3 fully saturated rings. The third-order valence-electron chi connectivity index (χ3n) is 4.42. The molecule has 3 aliphatic rings. The quantitative estimate of drug-likeness (QED) is 0.711. The molecule has 0 radical (unpaired) electrons. The second-order valence-corrected chi connectivity index (χ2v) is 5.49. The minimum absolute atomic E-state index is 0.0381. The van der Waals surface area contributed by atoms with Gasteiger partial charge in [-0.15, -0.1) is 0 Å². The van der Waals surface area contributed by atoms with E-state index in [-0.39, 0.29) is 23.7 Å². The van der Waals surface area contributed by atoms with Crippen LogP contribution < -0.4 is 10.4 Å². The first-order chi connectivity index (χ1) is 7.66. The molecule has 0 aromatic carbocycles. The zero-order chi connectivity index (χ0) is 11.3. The van der Waals surface area contributed by atoms with Gasteiger partial charge < -0.3 is 15.2 Å². The van der Waals surface area contributed by atoms with Crippen molar-refractivity contribution in [2.45, 2.75) is 38.1 Å². The van der Waals surface area contributed by atoms with Crippen LogP contribution in [0.5, 0.6) is 0 Å². The van der Waals surface area contributed by atoms with Gasteiger partial charge in [0.05, 0.1) is 0 Å². The molecule has 0 aliphatic heterocycles. The fraction of sp³-hybridized carbons (Fsp3) is 0.833. The Labute approximate surface area is 94.4 Å². The molecule has 4 nitrogen and oxygen atoms in total. The highest BCUT2D eigenvalue weighted by molar-refractivity contribution is 5.86. The fourth-order valence-corrected chi connectivity index (χ4v) is 3.53. The molecule has 88 valence electrons. The standard InChI is InChI=1S/C12H17NO3/c14-11(13-8-3-4-8)9-6-1-2-7(5-6)10(9)12(15)16/h6-10H,1-5H2,(H,13,14)(H,15,16)/p-1/t6-,7+,9-,10+/m1/s1. The van der Waals surface area contributed by atoms with E-state index in [0.717, 1.165) is 32.1 Å². The van der Waals surface area contributed by atoms with Crippen LogP contribution in [0.1, 0.15) is 32.1 Å². The van der Waals surface area contributed by atoms with Gasteiger partial charge in [-0.2, -0.15) is 0 Å². The van der Waals surface area contributed by atoms with Crippen LogP contribution in [0.25, 0.3) is 0 Å². The Kier molecular flexibility index (Phi) is 2.19. The summed E-state index contributed by atoms with van der Waals surface area (Å²) in [7, 11) is 0. The largest absolute Gasteiger partial charge is 0.550 e. The summed E-state index contributed by atoms with van der Waals surface area (Å²) in [5.41, 5.74) is 0. The molecular weight excluding hydrogens is 206 g/mol. The van der Waals surface area contributed by atoms with E-state index >= 15 is 0 Å². The zero-order valence-corrected chi connectivity index (χ0v) is 9.15. The molecule has 3 aliphatic carbocycles. The predicted octanol–water partition coefficient (Wildman–Crippen LogP) is -0.323. The lowest BCUT2D eigenvalue weighted by atomic mass is 9.78. The number of nitrogens with one attached hydrogen (secondary N) is 1. The molecule has 0 saturated heterocycles. The van der Waals surface area contributed by atoms with Gasteiger partial charge in [0, 0.05) is 23.8 Å². The molecule has 3 rings (SSSR count). The van der Waals surface area contributed by atoms with Crippen LogP contribution in [0, 0.1) is 23.7 Å². The van der Waals surface area contributed by atoms with Gasteiger partial charge >= 0.3 is 0 Å². The van der Waals surface area contributed by atoms with Gasteiger partial charge in [0.1, 0.15) is 0 Å². The Hall–Kier alpha value is -1.06. The second kappa shape index (κ2) is 3.47. The lowest BCUT2D eigenvalue weighted by molar-refractivity contribution is -0.314. The van der Waals surface area contributed by atoms with Crippen molar-refractivity contribution in [3.63, 3.8) is 0 Å². The first-order valence-electron chi connectivity index (χ1n) is 6.18. The Morgan fingerprint density at radius 1 is 1.00 bits per heavy atom. The number of aliphatic carboxylic acids is 1. The minimum Gasteiger partial charge on any atom is -0.550 e. The van der Waals surface area contributed by atoms with E-state index in [1.54, 1.807) is 0 Å². The van der Waals surface area contributed by atoms with Crippen molar-refractivity contribution in [2.75, 3.05) is 0 Å². The van der Waals surface area contributed by atoms with Crippen molar-refractivity contribution >= 4 is 11.9 Å². The summed E-state index contributed by atoms with van der Waals surface area (Å²) in [6.07, 6.45) is 4.96. The van der Waals surface area contributed by atoms with E-state index in [1.165, 1.54) is 0 Å². The van der Waals surface area contributed by atoms with E-state index in [1.807, 2.05) is 0 Å². The van der Waals surface area contributed by atoms with Crippen molar-refractivity contribution in [3.8, 4) is 0 Å². The summed E-state index contributed by atoms with van der Waals surface area (Å²) < 4.78 is 0. The summed E-state index contributed by atoms with van der Waals surface area (Å²) >= 11 is 0. The molecule has 4 atom stereocenters. The molecule has 0 aromatic heterocycles. The van der Waals surface area contributed by atoms with E-state index < -0.39 is 11.9 Å². The molecule has 0 unspecified atom stereocenters. The molecule has 4 heteroatoms.